The summed E-state index contributed by atoms with van der Waals surface area (Å²) in [5.74, 6) is -0.206. The van der Waals surface area contributed by atoms with E-state index in [4.69, 9.17) is 5.14 Å². The normalized spacial score (nSPS) is 12.0. The van der Waals surface area contributed by atoms with Gasteiger partial charge in [-0.05, 0) is 48.4 Å². The lowest BCUT2D eigenvalue weighted by Crippen LogP contribution is -2.12. The molecule has 4 rings (SSSR count). The zero-order valence-corrected chi connectivity index (χ0v) is 19.8. The summed E-state index contributed by atoms with van der Waals surface area (Å²) >= 11 is 0. The number of carbonyl (C=O) groups is 1. The molecule has 0 radical (unpaired) electrons. The Hall–Kier alpha value is -3.76. The minimum Gasteiger partial charge on any atom is -0.299 e. The lowest BCUT2D eigenvalue weighted by molar-refractivity contribution is -0.137. The molecule has 186 valence electrons. The average Bonchev–Trinajstić information content (AvgIpc) is 3.27. The van der Waals surface area contributed by atoms with Crippen LogP contribution < -0.4 is 5.14 Å². The number of hydrogen-bond acceptors (Lipinski definition) is 4. The van der Waals surface area contributed by atoms with Crippen LogP contribution in [0.3, 0.4) is 0 Å². The molecule has 0 aliphatic heterocycles. The number of nitrogens with two attached hydrogens (primary N) is 1. The number of carbonyl (C=O) groups excluding carboxylic acids is 1. The number of alkyl halides is 3. The van der Waals surface area contributed by atoms with Crippen LogP contribution in [0.2, 0.25) is 0 Å². The van der Waals surface area contributed by atoms with Gasteiger partial charge in [0.1, 0.15) is 5.78 Å². The molecule has 0 saturated carbocycles. The van der Waals surface area contributed by atoms with Crippen LogP contribution in [0.1, 0.15) is 23.2 Å². The van der Waals surface area contributed by atoms with Crippen molar-refractivity contribution >= 4 is 15.8 Å². The molecule has 3 aromatic carbocycles. The number of ketones is 1. The summed E-state index contributed by atoms with van der Waals surface area (Å²) in [7, 11) is -3.84. The third-order valence-corrected chi connectivity index (χ3v) is 6.48. The number of aryl methyl sites for hydroxylation is 1. The number of halogens is 3. The smallest absolute Gasteiger partial charge is 0.299 e. The van der Waals surface area contributed by atoms with Crippen LogP contribution in [0.25, 0.3) is 16.9 Å². The Kier molecular flexibility index (Phi) is 7.09. The lowest BCUT2D eigenvalue weighted by atomic mass is 10.0. The molecule has 6 nitrogen and oxygen atoms in total. The molecule has 0 unspecified atom stereocenters. The fourth-order valence-corrected chi connectivity index (χ4v) is 4.30. The van der Waals surface area contributed by atoms with Gasteiger partial charge in [0.15, 0.2) is 0 Å². The second-order valence-corrected chi connectivity index (χ2v) is 9.81. The zero-order valence-electron chi connectivity index (χ0n) is 18.9. The van der Waals surface area contributed by atoms with Gasteiger partial charge >= 0.3 is 6.18 Å². The third-order valence-electron chi connectivity index (χ3n) is 5.55. The summed E-state index contributed by atoms with van der Waals surface area (Å²) in [4.78, 5) is 12.5. The largest absolute Gasteiger partial charge is 0.416 e. The molecule has 0 amide bonds. The van der Waals surface area contributed by atoms with Crippen LogP contribution in [-0.4, -0.2) is 24.0 Å². The Morgan fingerprint density at radius 2 is 1.61 bits per heavy atom. The highest BCUT2D eigenvalue weighted by atomic mass is 32.2. The van der Waals surface area contributed by atoms with Crippen LogP contribution in [0.4, 0.5) is 13.2 Å². The predicted octanol–water partition coefficient (Wildman–Crippen LogP) is 4.95. The molecule has 0 atom stereocenters. The minimum absolute atomic E-state index is 0.0277. The highest BCUT2D eigenvalue weighted by Gasteiger charge is 2.30. The van der Waals surface area contributed by atoms with Gasteiger partial charge in [-0.25, -0.2) is 18.2 Å². The summed E-state index contributed by atoms with van der Waals surface area (Å²) in [5.41, 5.74) is 2.33. The maximum atomic E-state index is 12.9. The summed E-state index contributed by atoms with van der Waals surface area (Å²) in [6.07, 6.45) is -4.18. The number of primary sulfonamides is 1. The van der Waals surface area contributed by atoms with Crippen molar-refractivity contribution in [3.05, 3.63) is 102 Å². The summed E-state index contributed by atoms with van der Waals surface area (Å²) in [6.45, 7) is 0. The second-order valence-electron chi connectivity index (χ2n) is 8.25. The van der Waals surface area contributed by atoms with Crippen LogP contribution in [0.15, 0.2) is 89.8 Å². The monoisotopic (exact) mass is 513 g/mol. The summed E-state index contributed by atoms with van der Waals surface area (Å²) < 4.78 is 63.7. The molecule has 10 heteroatoms. The van der Waals surface area contributed by atoms with Gasteiger partial charge in [0.2, 0.25) is 10.0 Å². The number of sulfonamides is 1. The van der Waals surface area contributed by atoms with Gasteiger partial charge in [-0.2, -0.15) is 18.3 Å². The van der Waals surface area contributed by atoms with Crippen molar-refractivity contribution in [1.29, 1.82) is 0 Å². The Morgan fingerprint density at radius 1 is 0.917 bits per heavy atom. The van der Waals surface area contributed by atoms with E-state index in [1.807, 2.05) is 36.4 Å². The molecule has 36 heavy (non-hydrogen) atoms. The molecule has 0 aliphatic rings. The van der Waals surface area contributed by atoms with Gasteiger partial charge in [-0.15, -0.1) is 0 Å². The van der Waals surface area contributed by atoms with E-state index in [9.17, 15) is 26.4 Å². The van der Waals surface area contributed by atoms with Crippen LogP contribution in [0.5, 0.6) is 0 Å². The molecule has 0 fully saturated rings. The summed E-state index contributed by atoms with van der Waals surface area (Å²) in [5, 5.41) is 9.79. The third kappa shape index (κ3) is 6.07. The average molecular weight is 514 g/mol. The van der Waals surface area contributed by atoms with E-state index in [-0.39, 0.29) is 23.5 Å². The van der Waals surface area contributed by atoms with Gasteiger partial charge in [0.25, 0.3) is 0 Å². The topological polar surface area (TPSA) is 95.1 Å². The van der Waals surface area contributed by atoms with Crippen LogP contribution >= 0.6 is 0 Å². The zero-order chi connectivity index (χ0) is 25.9. The highest BCUT2D eigenvalue weighted by molar-refractivity contribution is 7.89. The number of Topliss-reactive ketones (excluding diaryl/α,β-unsaturated/α-hetero) is 1. The Bertz CT molecular complexity index is 1480. The van der Waals surface area contributed by atoms with Crippen molar-refractivity contribution in [3.8, 4) is 16.9 Å². The van der Waals surface area contributed by atoms with E-state index < -0.39 is 21.8 Å². The van der Waals surface area contributed by atoms with Gasteiger partial charge in [0, 0.05) is 18.4 Å². The van der Waals surface area contributed by atoms with E-state index in [0.29, 0.717) is 23.4 Å². The molecule has 1 aromatic heterocycles. The van der Waals surface area contributed by atoms with Crippen LogP contribution in [0, 0.1) is 0 Å². The highest BCUT2D eigenvalue weighted by Crippen LogP contribution is 2.30. The van der Waals surface area contributed by atoms with Gasteiger partial charge < -0.3 is 0 Å². The van der Waals surface area contributed by atoms with Crippen molar-refractivity contribution in [3.63, 3.8) is 0 Å². The molecule has 0 aliphatic carbocycles. The van der Waals surface area contributed by atoms with E-state index >= 15 is 0 Å². The first-order valence-electron chi connectivity index (χ1n) is 11.0. The standard InChI is InChI=1S/C26H22F3N3O3S/c27-26(28,29)20-8-4-5-18(15-20)16-23(33)12-9-21-17-25(19-6-2-1-3-7-19)32(31-21)22-10-13-24(14-11-22)36(30,34)35/h1-8,10-11,13-15,17H,9,12,16H2,(H2,30,34,35). The number of rotatable bonds is 8. The van der Waals surface area contributed by atoms with Gasteiger partial charge in [-0.1, -0.05) is 48.5 Å². The number of aromatic nitrogens is 2. The molecule has 1 heterocycles. The molecular weight excluding hydrogens is 491 g/mol. The minimum atomic E-state index is -4.47. The van der Waals surface area contributed by atoms with Crippen molar-refractivity contribution < 1.29 is 26.4 Å². The molecule has 4 aromatic rings. The maximum absolute atomic E-state index is 12.9. The molecule has 2 N–H and O–H groups in total. The lowest BCUT2D eigenvalue weighted by Gasteiger charge is -2.08. The van der Waals surface area contributed by atoms with Crippen molar-refractivity contribution in [2.45, 2.75) is 30.3 Å². The molecule has 0 saturated heterocycles. The number of nitrogens with zero attached hydrogens (tertiary/aromatic N) is 2. The van der Waals surface area contributed by atoms with Gasteiger partial charge in [0.05, 0.1) is 27.5 Å². The van der Waals surface area contributed by atoms with Crippen molar-refractivity contribution in [2.75, 3.05) is 0 Å². The quantitative estimate of drug-likeness (QED) is 0.361. The Labute approximate surface area is 206 Å². The maximum Gasteiger partial charge on any atom is 0.416 e. The summed E-state index contributed by atoms with van der Waals surface area (Å²) in [6, 6.07) is 21.9. The second kappa shape index (κ2) is 10.1. The SMILES string of the molecule is NS(=O)(=O)c1ccc(-n2nc(CCC(=O)Cc3cccc(C(F)(F)F)c3)cc2-c2ccccc2)cc1. The van der Waals surface area contributed by atoms with E-state index in [1.54, 1.807) is 16.8 Å². The Balaban J connectivity index is 1.55. The first-order valence-corrected chi connectivity index (χ1v) is 12.5. The number of benzene rings is 3. The van der Waals surface area contributed by atoms with Crippen molar-refractivity contribution in [1.82, 2.24) is 9.78 Å². The molecule has 0 spiro atoms. The van der Waals surface area contributed by atoms with E-state index in [2.05, 4.69) is 5.10 Å². The fraction of sp³-hybridized carbons (Fsp3) is 0.154. The first kappa shape index (κ1) is 25.3. The first-order chi connectivity index (χ1) is 17.0. The van der Waals surface area contributed by atoms with Crippen LogP contribution in [-0.2, 0) is 33.8 Å². The van der Waals surface area contributed by atoms with E-state index in [1.165, 1.54) is 24.3 Å². The van der Waals surface area contributed by atoms with E-state index in [0.717, 1.165) is 23.4 Å². The predicted molar refractivity (Wildman–Crippen MR) is 129 cm³/mol. The molecule has 0 bridgehead atoms. The Morgan fingerprint density at radius 3 is 2.25 bits per heavy atom. The molecular formula is C26H22F3N3O3S. The van der Waals surface area contributed by atoms with Crippen molar-refractivity contribution in [2.24, 2.45) is 5.14 Å². The fourth-order valence-electron chi connectivity index (χ4n) is 3.78. The number of hydrogen-bond donors (Lipinski definition) is 1. The van der Waals surface area contributed by atoms with Gasteiger partial charge in [-0.3, -0.25) is 4.79 Å².